The zero-order valence-corrected chi connectivity index (χ0v) is 18.0. The van der Waals surface area contributed by atoms with Gasteiger partial charge in [-0.3, -0.25) is 5.01 Å². The van der Waals surface area contributed by atoms with E-state index in [4.69, 9.17) is 14.6 Å². The van der Waals surface area contributed by atoms with Gasteiger partial charge in [0.2, 0.25) is 0 Å². The SMILES string of the molecule is COc1ccc(C2=NN(C3CCNCC3)C(O)C2(C)C)cc1OCc1ccccc1. The first kappa shape index (κ1) is 20.7. The highest BCUT2D eigenvalue weighted by Crippen LogP contribution is 2.39. The maximum atomic E-state index is 11.1. The summed E-state index contributed by atoms with van der Waals surface area (Å²) in [4.78, 5) is 0. The predicted octanol–water partition coefficient (Wildman–Crippen LogP) is 3.39. The van der Waals surface area contributed by atoms with Crippen LogP contribution in [0.1, 0.15) is 37.8 Å². The molecule has 6 heteroatoms. The van der Waals surface area contributed by atoms with Gasteiger partial charge in [0.1, 0.15) is 6.61 Å². The van der Waals surface area contributed by atoms with Crippen molar-refractivity contribution in [2.24, 2.45) is 10.5 Å². The first-order chi connectivity index (χ1) is 14.5. The Bertz CT molecular complexity index is 892. The van der Waals surface area contributed by atoms with Crippen molar-refractivity contribution < 1.29 is 14.6 Å². The van der Waals surface area contributed by atoms with E-state index >= 15 is 0 Å². The molecule has 2 N–H and O–H groups in total. The summed E-state index contributed by atoms with van der Waals surface area (Å²) in [7, 11) is 1.64. The monoisotopic (exact) mass is 409 g/mol. The van der Waals surface area contributed by atoms with E-state index in [9.17, 15) is 5.11 Å². The molecule has 1 fully saturated rings. The number of benzene rings is 2. The van der Waals surface area contributed by atoms with Gasteiger partial charge in [-0.25, -0.2) is 0 Å². The topological polar surface area (TPSA) is 66.3 Å². The maximum Gasteiger partial charge on any atom is 0.162 e. The van der Waals surface area contributed by atoms with Crippen molar-refractivity contribution in [3.05, 3.63) is 59.7 Å². The van der Waals surface area contributed by atoms with Gasteiger partial charge in [0.05, 0.1) is 24.3 Å². The van der Waals surface area contributed by atoms with Gasteiger partial charge in [-0.05, 0) is 63.5 Å². The van der Waals surface area contributed by atoms with Gasteiger partial charge in [-0.15, -0.1) is 0 Å². The smallest absolute Gasteiger partial charge is 0.162 e. The molecule has 6 nitrogen and oxygen atoms in total. The van der Waals surface area contributed by atoms with Crippen LogP contribution in [0.5, 0.6) is 11.5 Å². The Kier molecular flexibility index (Phi) is 5.97. The predicted molar refractivity (Wildman–Crippen MR) is 118 cm³/mol. The second-order valence-corrected chi connectivity index (χ2v) is 8.55. The number of hydrogen-bond acceptors (Lipinski definition) is 6. The van der Waals surface area contributed by atoms with Gasteiger partial charge in [-0.2, -0.15) is 5.10 Å². The number of nitrogens with one attached hydrogen (secondary N) is 1. The number of methoxy groups -OCH3 is 1. The van der Waals surface area contributed by atoms with Crippen molar-refractivity contribution in [2.75, 3.05) is 20.2 Å². The molecule has 30 heavy (non-hydrogen) atoms. The van der Waals surface area contributed by atoms with E-state index in [0.717, 1.165) is 42.8 Å². The van der Waals surface area contributed by atoms with Crippen LogP contribution in [0.4, 0.5) is 0 Å². The summed E-state index contributed by atoms with van der Waals surface area (Å²) in [6.07, 6.45) is 1.32. The molecular formula is C24H31N3O3. The normalized spacial score (nSPS) is 21.4. The fourth-order valence-electron chi connectivity index (χ4n) is 4.21. The van der Waals surface area contributed by atoms with Crippen molar-refractivity contribution in [1.82, 2.24) is 10.3 Å². The molecule has 0 spiro atoms. The number of hydrogen-bond donors (Lipinski definition) is 2. The molecule has 1 atom stereocenters. The molecular weight excluding hydrogens is 378 g/mol. The minimum Gasteiger partial charge on any atom is -0.493 e. The van der Waals surface area contributed by atoms with Crippen molar-refractivity contribution in [2.45, 2.75) is 45.6 Å². The lowest BCUT2D eigenvalue weighted by molar-refractivity contribution is -0.0596. The Balaban J connectivity index is 1.61. The van der Waals surface area contributed by atoms with Gasteiger partial charge in [-0.1, -0.05) is 30.3 Å². The minimum atomic E-state index is -0.647. The van der Waals surface area contributed by atoms with Gasteiger partial charge < -0.3 is 19.9 Å². The molecule has 0 aliphatic carbocycles. The minimum absolute atomic E-state index is 0.255. The molecule has 0 amide bonds. The van der Waals surface area contributed by atoms with Crippen LogP contribution in [0, 0.1) is 5.41 Å². The van der Waals surface area contributed by atoms with Crippen LogP contribution in [0.15, 0.2) is 53.6 Å². The number of nitrogens with zero attached hydrogens (tertiary/aromatic N) is 2. The number of aliphatic hydroxyl groups excluding tert-OH is 1. The average molecular weight is 410 g/mol. The van der Waals surface area contributed by atoms with Gasteiger partial charge in [0.15, 0.2) is 17.7 Å². The van der Waals surface area contributed by atoms with Crippen LogP contribution in [0.3, 0.4) is 0 Å². The number of hydrazone groups is 1. The maximum absolute atomic E-state index is 11.1. The van der Waals surface area contributed by atoms with Crippen molar-refractivity contribution in [3.63, 3.8) is 0 Å². The number of ether oxygens (including phenoxy) is 2. The van der Waals surface area contributed by atoms with Crippen LogP contribution >= 0.6 is 0 Å². The highest BCUT2D eigenvalue weighted by atomic mass is 16.5. The van der Waals surface area contributed by atoms with Crippen LogP contribution in [0.2, 0.25) is 0 Å². The Morgan fingerprint density at radius 3 is 2.53 bits per heavy atom. The second-order valence-electron chi connectivity index (χ2n) is 8.55. The van der Waals surface area contributed by atoms with Crippen molar-refractivity contribution in [1.29, 1.82) is 0 Å². The summed E-state index contributed by atoms with van der Waals surface area (Å²) < 4.78 is 11.6. The van der Waals surface area contributed by atoms with Gasteiger partial charge in [0, 0.05) is 5.56 Å². The molecule has 2 aromatic rings. The molecule has 0 radical (unpaired) electrons. The van der Waals surface area contributed by atoms with Gasteiger partial charge in [0.25, 0.3) is 0 Å². The van der Waals surface area contributed by atoms with Crippen molar-refractivity contribution in [3.8, 4) is 11.5 Å². The van der Waals surface area contributed by atoms with E-state index in [-0.39, 0.29) is 6.04 Å². The molecule has 0 aromatic heterocycles. The lowest BCUT2D eigenvalue weighted by atomic mass is 9.82. The number of rotatable bonds is 6. The molecule has 1 saturated heterocycles. The zero-order valence-electron chi connectivity index (χ0n) is 18.0. The fraction of sp³-hybridized carbons (Fsp3) is 0.458. The molecule has 0 bridgehead atoms. The Morgan fingerprint density at radius 1 is 1.10 bits per heavy atom. The summed E-state index contributed by atoms with van der Waals surface area (Å²) in [5.41, 5.74) is 2.42. The van der Waals surface area contributed by atoms with Crippen LogP contribution in [-0.4, -0.2) is 48.3 Å². The first-order valence-corrected chi connectivity index (χ1v) is 10.6. The van der Waals surface area contributed by atoms with E-state index in [1.54, 1.807) is 7.11 Å². The summed E-state index contributed by atoms with van der Waals surface area (Å²) in [5.74, 6) is 1.36. The molecule has 2 aliphatic rings. The van der Waals surface area contributed by atoms with Crippen molar-refractivity contribution >= 4 is 5.71 Å². The van der Waals surface area contributed by atoms with E-state index in [0.29, 0.717) is 18.1 Å². The Labute approximate surface area is 178 Å². The highest BCUT2D eigenvalue weighted by Gasteiger charge is 2.46. The van der Waals surface area contributed by atoms with Gasteiger partial charge >= 0.3 is 0 Å². The molecule has 2 aliphatic heterocycles. The Morgan fingerprint density at radius 2 is 1.83 bits per heavy atom. The van der Waals surface area contributed by atoms with Crippen LogP contribution in [0.25, 0.3) is 0 Å². The average Bonchev–Trinajstić information content (AvgIpc) is 3.02. The van der Waals surface area contributed by atoms with E-state index < -0.39 is 11.6 Å². The fourth-order valence-corrected chi connectivity index (χ4v) is 4.21. The summed E-state index contributed by atoms with van der Waals surface area (Å²) in [5, 5.41) is 21.2. The zero-order chi connectivity index (χ0) is 21.1. The number of aliphatic hydroxyl groups is 1. The molecule has 1 unspecified atom stereocenters. The molecule has 2 heterocycles. The lowest BCUT2D eigenvalue weighted by Crippen LogP contribution is -2.47. The van der Waals surface area contributed by atoms with E-state index in [1.165, 1.54) is 0 Å². The van der Waals surface area contributed by atoms with Crippen LogP contribution in [-0.2, 0) is 6.61 Å². The van der Waals surface area contributed by atoms with E-state index in [2.05, 4.69) is 5.32 Å². The standard InChI is InChI=1S/C24H31N3O3/c1-24(2)22(26-27(23(24)28)19-11-13-25-14-12-19)18-9-10-20(29-3)21(15-18)30-16-17-7-5-4-6-8-17/h4-10,15,19,23,25,28H,11-14,16H2,1-3H3. The third-order valence-electron chi connectivity index (χ3n) is 6.08. The second kappa shape index (κ2) is 8.66. The first-order valence-electron chi connectivity index (χ1n) is 10.6. The third-order valence-corrected chi connectivity index (χ3v) is 6.08. The molecule has 160 valence electrons. The quantitative estimate of drug-likeness (QED) is 0.766. The summed E-state index contributed by atoms with van der Waals surface area (Å²) in [6.45, 7) is 6.47. The molecule has 4 rings (SSSR count). The molecule has 0 saturated carbocycles. The number of piperidine rings is 1. The largest absolute Gasteiger partial charge is 0.493 e. The van der Waals surface area contributed by atoms with Crippen LogP contribution < -0.4 is 14.8 Å². The Hall–Kier alpha value is -2.57. The summed E-state index contributed by atoms with van der Waals surface area (Å²) >= 11 is 0. The third kappa shape index (κ3) is 4.02. The lowest BCUT2D eigenvalue weighted by Gasteiger charge is -2.35. The summed E-state index contributed by atoms with van der Waals surface area (Å²) in [6, 6.07) is 16.2. The van der Waals surface area contributed by atoms with E-state index in [1.807, 2.05) is 67.4 Å². The highest BCUT2D eigenvalue weighted by molar-refractivity contribution is 6.06. The molecule has 2 aromatic carbocycles.